The van der Waals surface area contributed by atoms with E-state index in [0.29, 0.717) is 5.03 Å². The van der Waals surface area contributed by atoms with Crippen LogP contribution in [0.3, 0.4) is 0 Å². The topological polar surface area (TPSA) is 19.9 Å². The Hall–Kier alpha value is -0.790. The van der Waals surface area contributed by atoms with E-state index in [-0.39, 0.29) is 6.61 Å². The molecule has 1 aliphatic carbocycles. The SMILES string of the molecule is [O]CC1=C(Cl)Cc2ccccc21. The molecule has 1 aliphatic rings. The van der Waals surface area contributed by atoms with Crippen molar-refractivity contribution in [1.29, 1.82) is 0 Å². The van der Waals surface area contributed by atoms with Crippen molar-refractivity contribution in [3.05, 3.63) is 40.4 Å². The lowest BCUT2D eigenvalue weighted by molar-refractivity contribution is 0.239. The average molecular weight is 180 g/mol. The molecule has 0 atom stereocenters. The monoisotopic (exact) mass is 179 g/mol. The van der Waals surface area contributed by atoms with Crippen molar-refractivity contribution < 1.29 is 5.11 Å². The normalized spacial score (nSPS) is 15.2. The zero-order chi connectivity index (χ0) is 8.55. The van der Waals surface area contributed by atoms with Gasteiger partial charge in [-0.15, -0.1) is 0 Å². The third kappa shape index (κ3) is 1.06. The van der Waals surface area contributed by atoms with Crippen LogP contribution in [0.2, 0.25) is 0 Å². The number of allylic oxidation sites excluding steroid dienone is 1. The highest BCUT2D eigenvalue weighted by molar-refractivity contribution is 6.33. The number of hydrogen-bond donors (Lipinski definition) is 0. The van der Waals surface area contributed by atoms with Crippen molar-refractivity contribution in [3.8, 4) is 0 Å². The Kier molecular flexibility index (Phi) is 1.91. The summed E-state index contributed by atoms with van der Waals surface area (Å²) in [6, 6.07) is 7.87. The van der Waals surface area contributed by atoms with E-state index in [1.54, 1.807) is 0 Å². The van der Waals surface area contributed by atoms with E-state index < -0.39 is 0 Å². The first-order chi connectivity index (χ1) is 5.83. The third-order valence-electron chi connectivity index (χ3n) is 2.16. The van der Waals surface area contributed by atoms with Gasteiger partial charge in [0, 0.05) is 17.0 Å². The van der Waals surface area contributed by atoms with Gasteiger partial charge < -0.3 is 0 Å². The highest BCUT2D eigenvalue weighted by Crippen LogP contribution is 2.34. The quantitative estimate of drug-likeness (QED) is 0.632. The average Bonchev–Trinajstić information content (AvgIpc) is 2.40. The number of benzene rings is 1. The summed E-state index contributed by atoms with van der Waals surface area (Å²) in [4.78, 5) is 0. The molecule has 2 heteroatoms. The van der Waals surface area contributed by atoms with Gasteiger partial charge in [0.25, 0.3) is 0 Å². The second-order valence-electron chi connectivity index (χ2n) is 2.86. The van der Waals surface area contributed by atoms with Crippen LogP contribution in [0.4, 0.5) is 0 Å². The molecule has 0 unspecified atom stereocenters. The second kappa shape index (κ2) is 2.92. The summed E-state index contributed by atoms with van der Waals surface area (Å²) in [6.07, 6.45) is 0.731. The molecule has 2 rings (SSSR count). The van der Waals surface area contributed by atoms with Crippen molar-refractivity contribution in [3.63, 3.8) is 0 Å². The molecule has 0 amide bonds. The second-order valence-corrected chi connectivity index (χ2v) is 3.32. The first kappa shape index (κ1) is 7.84. The van der Waals surface area contributed by atoms with E-state index in [1.807, 2.05) is 24.3 Å². The molecule has 61 valence electrons. The highest BCUT2D eigenvalue weighted by Gasteiger charge is 2.18. The molecule has 0 bridgehead atoms. The lowest BCUT2D eigenvalue weighted by Crippen LogP contribution is -1.86. The first-order valence-corrected chi connectivity index (χ1v) is 4.24. The highest BCUT2D eigenvalue weighted by atomic mass is 35.5. The van der Waals surface area contributed by atoms with E-state index >= 15 is 0 Å². The van der Waals surface area contributed by atoms with E-state index in [9.17, 15) is 5.11 Å². The third-order valence-corrected chi connectivity index (χ3v) is 2.52. The Balaban J connectivity index is 2.53. The van der Waals surface area contributed by atoms with E-state index in [4.69, 9.17) is 11.6 Å². The number of rotatable bonds is 1. The van der Waals surface area contributed by atoms with Crippen molar-refractivity contribution in [2.24, 2.45) is 0 Å². The Morgan fingerprint density at radius 1 is 1.33 bits per heavy atom. The van der Waals surface area contributed by atoms with Crippen molar-refractivity contribution in [2.45, 2.75) is 6.42 Å². The van der Waals surface area contributed by atoms with Crippen molar-refractivity contribution in [2.75, 3.05) is 6.61 Å². The molecule has 0 saturated heterocycles. The maximum Gasteiger partial charge on any atom is 0.109 e. The Morgan fingerprint density at radius 2 is 2.08 bits per heavy atom. The van der Waals surface area contributed by atoms with Crippen LogP contribution in [0.1, 0.15) is 11.1 Å². The molecular formula is C10H8ClO. The summed E-state index contributed by atoms with van der Waals surface area (Å²) in [7, 11) is 0. The zero-order valence-electron chi connectivity index (χ0n) is 6.51. The van der Waals surface area contributed by atoms with Gasteiger partial charge in [0.2, 0.25) is 0 Å². The number of halogens is 1. The molecule has 1 nitrogen and oxygen atoms in total. The van der Waals surface area contributed by atoms with Crippen LogP contribution in [0.5, 0.6) is 0 Å². The lowest BCUT2D eigenvalue weighted by atomic mass is 10.1. The lowest BCUT2D eigenvalue weighted by Gasteiger charge is -1.99. The Morgan fingerprint density at radius 3 is 2.83 bits per heavy atom. The van der Waals surface area contributed by atoms with E-state index in [2.05, 4.69) is 0 Å². The fourth-order valence-corrected chi connectivity index (χ4v) is 1.85. The molecular weight excluding hydrogens is 172 g/mol. The van der Waals surface area contributed by atoms with Crippen LogP contribution in [0.25, 0.3) is 5.57 Å². The van der Waals surface area contributed by atoms with Crippen LogP contribution in [0.15, 0.2) is 29.3 Å². The zero-order valence-corrected chi connectivity index (χ0v) is 7.27. The molecule has 12 heavy (non-hydrogen) atoms. The van der Waals surface area contributed by atoms with E-state index in [1.165, 1.54) is 5.56 Å². The molecule has 1 radical (unpaired) electrons. The maximum absolute atomic E-state index is 10.8. The molecule has 0 saturated carbocycles. The predicted octanol–water partition coefficient (Wildman–Crippen LogP) is 2.62. The van der Waals surface area contributed by atoms with Gasteiger partial charge in [-0.2, -0.15) is 0 Å². The van der Waals surface area contributed by atoms with Gasteiger partial charge in [0.15, 0.2) is 0 Å². The van der Waals surface area contributed by atoms with Gasteiger partial charge in [0.1, 0.15) is 6.61 Å². The molecule has 1 aromatic rings. The summed E-state index contributed by atoms with van der Waals surface area (Å²) in [5, 5.41) is 11.5. The first-order valence-electron chi connectivity index (χ1n) is 3.87. The summed E-state index contributed by atoms with van der Waals surface area (Å²) in [5.41, 5.74) is 2.98. The summed E-state index contributed by atoms with van der Waals surface area (Å²) < 4.78 is 0. The molecule has 0 spiro atoms. The molecule has 0 fully saturated rings. The minimum absolute atomic E-state index is 0.212. The summed E-state index contributed by atoms with van der Waals surface area (Å²) >= 11 is 5.92. The van der Waals surface area contributed by atoms with Crippen LogP contribution < -0.4 is 0 Å². The summed E-state index contributed by atoms with van der Waals surface area (Å²) in [5.74, 6) is 0. The minimum Gasteiger partial charge on any atom is -0.231 e. The fourth-order valence-electron chi connectivity index (χ4n) is 1.54. The van der Waals surface area contributed by atoms with Crippen LogP contribution in [-0.4, -0.2) is 6.61 Å². The predicted molar refractivity (Wildman–Crippen MR) is 48.5 cm³/mol. The molecule has 0 N–H and O–H groups in total. The standard InChI is InChI=1S/C10H8ClO/c11-10-5-7-3-1-2-4-8(7)9(10)6-12/h1-4H,5-6H2. The van der Waals surface area contributed by atoms with Crippen LogP contribution >= 0.6 is 11.6 Å². The maximum atomic E-state index is 10.8. The smallest absolute Gasteiger partial charge is 0.109 e. The largest absolute Gasteiger partial charge is 0.231 e. The van der Waals surface area contributed by atoms with Gasteiger partial charge in [-0.3, -0.25) is 0 Å². The molecule has 1 aromatic carbocycles. The molecule has 0 heterocycles. The van der Waals surface area contributed by atoms with Gasteiger partial charge in [0.05, 0.1) is 0 Å². The van der Waals surface area contributed by atoms with Gasteiger partial charge in [-0.25, -0.2) is 5.11 Å². The van der Waals surface area contributed by atoms with Crippen LogP contribution in [-0.2, 0) is 11.5 Å². The molecule has 0 aliphatic heterocycles. The van der Waals surface area contributed by atoms with Crippen molar-refractivity contribution >= 4 is 17.2 Å². The van der Waals surface area contributed by atoms with Crippen LogP contribution in [0, 0.1) is 0 Å². The Labute approximate surface area is 76.3 Å². The van der Waals surface area contributed by atoms with Gasteiger partial charge in [-0.05, 0) is 11.1 Å². The minimum atomic E-state index is -0.212. The number of fused-ring (bicyclic) bond motifs is 1. The van der Waals surface area contributed by atoms with E-state index in [0.717, 1.165) is 17.6 Å². The summed E-state index contributed by atoms with van der Waals surface area (Å²) in [6.45, 7) is -0.212. The molecule has 0 aromatic heterocycles. The van der Waals surface area contributed by atoms with Crippen molar-refractivity contribution in [1.82, 2.24) is 0 Å². The van der Waals surface area contributed by atoms with Gasteiger partial charge >= 0.3 is 0 Å². The number of hydrogen-bond acceptors (Lipinski definition) is 0. The fraction of sp³-hybridized carbons (Fsp3) is 0.200. The van der Waals surface area contributed by atoms with Gasteiger partial charge in [-0.1, -0.05) is 35.9 Å². The Bertz CT molecular complexity index is 341.